The van der Waals surface area contributed by atoms with Crippen molar-refractivity contribution in [3.05, 3.63) is 30.1 Å². The fourth-order valence-electron chi connectivity index (χ4n) is 2.13. The number of aryl methyl sites for hydroxylation is 2. The fraction of sp³-hybridized carbons (Fsp3) is 0.643. The minimum Gasteiger partial charge on any atom is -0.377 e. The molecule has 0 aliphatic carbocycles. The Bertz CT molecular complexity index is 344. The van der Waals surface area contributed by atoms with E-state index in [1.54, 1.807) is 21.3 Å². The zero-order valence-corrected chi connectivity index (χ0v) is 13.5. The van der Waals surface area contributed by atoms with Crippen LogP contribution in [0.25, 0.3) is 0 Å². The molecule has 0 aromatic carbocycles. The molecule has 4 nitrogen and oxygen atoms in total. The molecule has 1 heterocycles. The third kappa shape index (κ3) is 5.02. The lowest BCUT2D eigenvalue weighted by Crippen LogP contribution is -2.44. The van der Waals surface area contributed by atoms with Crippen LogP contribution in [0.1, 0.15) is 25.3 Å². The van der Waals surface area contributed by atoms with Crippen LogP contribution in [0.4, 0.5) is 0 Å². The highest BCUT2D eigenvalue weighted by molar-refractivity contribution is 6.60. The normalized spacial score (nSPS) is 11.8. The summed E-state index contributed by atoms with van der Waals surface area (Å²) < 4.78 is 18.4. The lowest BCUT2D eigenvalue weighted by atomic mass is 10.1. The van der Waals surface area contributed by atoms with Gasteiger partial charge in [0.05, 0.1) is 0 Å². The zero-order valence-electron chi connectivity index (χ0n) is 12.5. The summed E-state index contributed by atoms with van der Waals surface area (Å²) in [6.07, 6.45) is 7.60. The molecule has 0 radical (unpaired) electrons. The number of aromatic nitrogens is 1. The number of nitrogens with zero attached hydrogens (tertiary/aromatic N) is 1. The minimum absolute atomic E-state index is 0.834. The van der Waals surface area contributed by atoms with E-state index in [-0.39, 0.29) is 0 Å². The van der Waals surface area contributed by atoms with E-state index < -0.39 is 8.80 Å². The monoisotopic (exact) mass is 284 g/mol. The molecule has 0 aliphatic heterocycles. The number of hydrogen-bond donors (Lipinski definition) is 0. The topological polar surface area (TPSA) is 31.6 Å². The molecule has 0 aliphatic rings. The first-order valence-corrected chi connectivity index (χ1v) is 8.76. The maximum absolute atomic E-state index is 5.41. The summed E-state index contributed by atoms with van der Waals surface area (Å²) >= 11 is 0. The smallest absolute Gasteiger partial charge is 0.377 e. The van der Waals surface area contributed by atoms with Crippen LogP contribution >= 0.6 is 0 Å². The average Bonchev–Trinajstić information content (AvgIpc) is 2.46. The van der Waals surface area contributed by atoms with E-state index in [0.717, 1.165) is 25.4 Å². The zero-order chi connectivity index (χ0) is 14.1. The SMILES string of the molecule is CCCc1cc[n+](CCC[Si](OC)(OC)OC)cc1. The van der Waals surface area contributed by atoms with Crippen molar-refractivity contribution in [1.29, 1.82) is 0 Å². The summed E-state index contributed by atoms with van der Waals surface area (Å²) in [6, 6.07) is 5.22. The first-order chi connectivity index (χ1) is 9.19. The van der Waals surface area contributed by atoms with Gasteiger partial charge in [-0.3, -0.25) is 0 Å². The molecular formula is C14H26NO3Si+. The van der Waals surface area contributed by atoms with E-state index in [1.807, 2.05) is 0 Å². The van der Waals surface area contributed by atoms with Crippen molar-refractivity contribution in [2.45, 2.75) is 38.8 Å². The van der Waals surface area contributed by atoms with Crippen LogP contribution in [-0.4, -0.2) is 30.1 Å². The van der Waals surface area contributed by atoms with Gasteiger partial charge in [0.1, 0.15) is 6.54 Å². The van der Waals surface area contributed by atoms with E-state index in [2.05, 4.69) is 36.0 Å². The van der Waals surface area contributed by atoms with Crippen molar-refractivity contribution in [3.63, 3.8) is 0 Å². The van der Waals surface area contributed by atoms with Gasteiger partial charge in [0.15, 0.2) is 12.4 Å². The molecular weight excluding hydrogens is 258 g/mol. The van der Waals surface area contributed by atoms with E-state index in [0.29, 0.717) is 0 Å². The molecule has 5 heteroatoms. The summed E-state index contributed by atoms with van der Waals surface area (Å²) in [5.74, 6) is 0. The summed E-state index contributed by atoms with van der Waals surface area (Å²) in [5.41, 5.74) is 1.40. The lowest BCUT2D eigenvalue weighted by molar-refractivity contribution is -0.697. The van der Waals surface area contributed by atoms with Gasteiger partial charge in [-0.15, -0.1) is 0 Å². The third-order valence-corrected chi connectivity index (χ3v) is 6.16. The van der Waals surface area contributed by atoms with Crippen LogP contribution in [0.3, 0.4) is 0 Å². The second kappa shape index (κ2) is 8.42. The van der Waals surface area contributed by atoms with Crippen LogP contribution < -0.4 is 4.57 Å². The second-order valence-corrected chi connectivity index (χ2v) is 7.68. The van der Waals surface area contributed by atoms with Gasteiger partial charge in [-0.25, -0.2) is 4.57 Å². The van der Waals surface area contributed by atoms with Gasteiger partial charge >= 0.3 is 8.80 Å². The summed E-state index contributed by atoms with van der Waals surface area (Å²) in [6.45, 7) is 3.16. The van der Waals surface area contributed by atoms with Gasteiger partial charge in [-0.05, 0) is 12.0 Å². The lowest BCUT2D eigenvalue weighted by Gasteiger charge is -2.23. The van der Waals surface area contributed by atoms with Crippen molar-refractivity contribution in [2.24, 2.45) is 0 Å². The number of rotatable bonds is 9. The van der Waals surface area contributed by atoms with Gasteiger partial charge in [-0.2, -0.15) is 0 Å². The Morgan fingerprint density at radius 2 is 1.63 bits per heavy atom. The van der Waals surface area contributed by atoms with Crippen LogP contribution in [-0.2, 0) is 26.2 Å². The standard InChI is InChI=1S/C14H26NO3Si/c1-5-7-14-8-11-15(12-9-14)10-6-13-19(16-2,17-3)18-4/h8-9,11-12H,5-7,10,13H2,1-4H3/q+1. The van der Waals surface area contributed by atoms with Crippen molar-refractivity contribution in [3.8, 4) is 0 Å². The van der Waals surface area contributed by atoms with Gasteiger partial charge in [-0.1, -0.05) is 13.3 Å². The molecule has 1 aromatic rings. The number of pyridine rings is 1. The quantitative estimate of drug-likeness (QED) is 0.514. The highest BCUT2D eigenvalue weighted by Gasteiger charge is 2.37. The van der Waals surface area contributed by atoms with Crippen molar-refractivity contribution in [1.82, 2.24) is 0 Å². The Labute approximate surface area is 117 Å². The van der Waals surface area contributed by atoms with Crippen molar-refractivity contribution < 1.29 is 17.8 Å². The predicted molar refractivity (Wildman–Crippen MR) is 76.8 cm³/mol. The molecule has 0 spiro atoms. The summed E-state index contributed by atoms with van der Waals surface area (Å²) in [4.78, 5) is 0. The molecule has 0 fully saturated rings. The van der Waals surface area contributed by atoms with Gasteiger partial charge in [0.2, 0.25) is 0 Å². The minimum atomic E-state index is -2.41. The molecule has 0 saturated carbocycles. The van der Waals surface area contributed by atoms with Crippen molar-refractivity contribution >= 4 is 8.80 Å². The molecule has 0 N–H and O–H groups in total. The van der Waals surface area contributed by atoms with E-state index in [4.69, 9.17) is 13.3 Å². The Kier molecular flexibility index (Phi) is 7.23. The van der Waals surface area contributed by atoms with E-state index >= 15 is 0 Å². The Hall–Kier alpha value is -0.753. The molecule has 0 amide bonds. The van der Waals surface area contributed by atoms with Crippen LogP contribution in [0.5, 0.6) is 0 Å². The molecule has 1 aromatic heterocycles. The molecule has 19 heavy (non-hydrogen) atoms. The molecule has 0 bridgehead atoms. The van der Waals surface area contributed by atoms with Gasteiger partial charge < -0.3 is 13.3 Å². The highest BCUT2D eigenvalue weighted by Crippen LogP contribution is 2.14. The van der Waals surface area contributed by atoms with Crippen LogP contribution in [0.2, 0.25) is 6.04 Å². The van der Waals surface area contributed by atoms with E-state index in [9.17, 15) is 0 Å². The highest BCUT2D eigenvalue weighted by atomic mass is 28.4. The number of hydrogen-bond acceptors (Lipinski definition) is 3. The molecule has 108 valence electrons. The average molecular weight is 284 g/mol. The molecule has 1 rings (SSSR count). The summed E-state index contributed by atoms with van der Waals surface area (Å²) in [7, 11) is 2.57. The molecule has 0 unspecified atom stereocenters. The second-order valence-electron chi connectivity index (χ2n) is 4.59. The first kappa shape index (κ1) is 16.3. The van der Waals surface area contributed by atoms with Crippen molar-refractivity contribution in [2.75, 3.05) is 21.3 Å². The third-order valence-electron chi connectivity index (χ3n) is 3.33. The predicted octanol–water partition coefficient (Wildman–Crippen LogP) is 2.19. The maximum Gasteiger partial charge on any atom is 0.500 e. The first-order valence-electron chi connectivity index (χ1n) is 6.83. The largest absolute Gasteiger partial charge is 0.500 e. The van der Waals surface area contributed by atoms with Gasteiger partial charge in [0, 0.05) is 45.9 Å². The molecule has 0 saturated heterocycles. The van der Waals surface area contributed by atoms with Gasteiger partial charge in [0.25, 0.3) is 0 Å². The summed E-state index contributed by atoms with van der Waals surface area (Å²) in [5, 5.41) is 0. The maximum atomic E-state index is 5.41. The Balaban J connectivity index is 2.44. The van der Waals surface area contributed by atoms with Crippen LogP contribution in [0.15, 0.2) is 24.5 Å². The fourth-order valence-corrected chi connectivity index (χ4v) is 3.83. The van der Waals surface area contributed by atoms with E-state index in [1.165, 1.54) is 12.0 Å². The Morgan fingerprint density at radius 1 is 1.05 bits per heavy atom. The van der Waals surface area contributed by atoms with Crippen LogP contribution in [0, 0.1) is 0 Å². The Morgan fingerprint density at radius 3 is 2.11 bits per heavy atom. The molecule has 0 atom stereocenters.